The van der Waals surface area contributed by atoms with Gasteiger partial charge in [0.05, 0.1) is 13.2 Å². The Morgan fingerprint density at radius 2 is 1.82 bits per heavy atom. The van der Waals surface area contributed by atoms with Crippen LogP contribution in [0.4, 0.5) is 0 Å². The summed E-state index contributed by atoms with van der Waals surface area (Å²) in [6.07, 6.45) is 18.6. The van der Waals surface area contributed by atoms with E-state index in [1.54, 1.807) is 0 Å². The standard InChI is InChI=1S/C26H41NO/c1-2-3-4-8-14-24-16-15-23-13-9-10-18-26(23)19-17-25(27(24)26)21-28-20-22-11-6-5-7-12-22/h5-7,11-12,23-25H,2-4,8-10,13-21H2,1H3/t23-,24-,25+,26+/m0/s1. The van der Waals surface area contributed by atoms with Crippen LogP contribution in [-0.2, 0) is 11.3 Å². The van der Waals surface area contributed by atoms with Crippen molar-refractivity contribution in [1.29, 1.82) is 0 Å². The van der Waals surface area contributed by atoms with Crippen LogP contribution in [0.2, 0.25) is 0 Å². The molecule has 156 valence electrons. The van der Waals surface area contributed by atoms with Gasteiger partial charge in [0.1, 0.15) is 0 Å². The Balaban J connectivity index is 1.41. The van der Waals surface area contributed by atoms with E-state index in [1.807, 2.05) is 0 Å². The largest absolute Gasteiger partial charge is 0.375 e. The van der Waals surface area contributed by atoms with E-state index < -0.39 is 0 Å². The average molecular weight is 384 g/mol. The van der Waals surface area contributed by atoms with Gasteiger partial charge in [0, 0.05) is 17.6 Å². The molecule has 0 aromatic heterocycles. The third-order valence-electron chi connectivity index (χ3n) is 8.04. The first kappa shape index (κ1) is 20.4. The van der Waals surface area contributed by atoms with E-state index in [1.165, 1.54) is 89.0 Å². The monoisotopic (exact) mass is 383 g/mol. The second-order valence-electron chi connectivity index (χ2n) is 9.73. The summed E-state index contributed by atoms with van der Waals surface area (Å²) in [5, 5.41) is 0. The van der Waals surface area contributed by atoms with Crippen molar-refractivity contribution in [2.24, 2.45) is 5.92 Å². The van der Waals surface area contributed by atoms with Crippen LogP contribution in [0.25, 0.3) is 0 Å². The van der Waals surface area contributed by atoms with Crippen LogP contribution >= 0.6 is 0 Å². The van der Waals surface area contributed by atoms with Gasteiger partial charge in [0.15, 0.2) is 0 Å². The second-order valence-corrected chi connectivity index (χ2v) is 9.73. The Hall–Kier alpha value is -0.860. The van der Waals surface area contributed by atoms with Crippen LogP contribution in [0.3, 0.4) is 0 Å². The minimum atomic E-state index is 0.534. The Bertz CT molecular complexity index is 587. The van der Waals surface area contributed by atoms with Crippen molar-refractivity contribution in [1.82, 2.24) is 4.90 Å². The van der Waals surface area contributed by atoms with E-state index in [4.69, 9.17) is 4.74 Å². The maximum Gasteiger partial charge on any atom is 0.0717 e. The lowest BCUT2D eigenvalue weighted by Gasteiger charge is -2.56. The molecule has 0 unspecified atom stereocenters. The topological polar surface area (TPSA) is 12.5 Å². The van der Waals surface area contributed by atoms with Crippen molar-refractivity contribution >= 4 is 0 Å². The zero-order valence-electron chi connectivity index (χ0n) is 18.1. The van der Waals surface area contributed by atoms with Gasteiger partial charge in [-0.3, -0.25) is 4.90 Å². The highest BCUT2D eigenvalue weighted by Crippen LogP contribution is 2.54. The van der Waals surface area contributed by atoms with E-state index >= 15 is 0 Å². The number of hydrogen-bond acceptors (Lipinski definition) is 2. The van der Waals surface area contributed by atoms with Crippen molar-refractivity contribution in [3.63, 3.8) is 0 Å². The van der Waals surface area contributed by atoms with Crippen molar-refractivity contribution in [2.75, 3.05) is 6.61 Å². The zero-order chi connectivity index (χ0) is 19.2. The normalized spacial score (nSPS) is 32.8. The third kappa shape index (κ3) is 4.33. The Kier molecular flexibility index (Phi) is 7.12. The molecule has 2 aliphatic heterocycles. The van der Waals surface area contributed by atoms with Gasteiger partial charge < -0.3 is 4.74 Å². The van der Waals surface area contributed by atoms with E-state index in [2.05, 4.69) is 42.2 Å². The first-order valence-corrected chi connectivity index (χ1v) is 12.2. The van der Waals surface area contributed by atoms with Crippen LogP contribution in [-0.4, -0.2) is 29.1 Å². The number of hydrogen-bond donors (Lipinski definition) is 0. The number of ether oxygens (including phenoxy) is 1. The fraction of sp³-hybridized carbons (Fsp3) is 0.769. The van der Waals surface area contributed by atoms with Gasteiger partial charge in [-0.15, -0.1) is 0 Å². The van der Waals surface area contributed by atoms with Gasteiger partial charge in [-0.25, -0.2) is 0 Å². The predicted molar refractivity (Wildman–Crippen MR) is 117 cm³/mol. The first-order valence-electron chi connectivity index (χ1n) is 12.2. The second kappa shape index (κ2) is 9.76. The minimum Gasteiger partial charge on any atom is -0.375 e. The maximum absolute atomic E-state index is 6.28. The summed E-state index contributed by atoms with van der Waals surface area (Å²) in [5.74, 6) is 0.965. The molecule has 1 aromatic rings. The lowest BCUT2D eigenvalue weighted by Crippen LogP contribution is -2.61. The van der Waals surface area contributed by atoms with E-state index in [9.17, 15) is 0 Å². The number of nitrogens with zero attached hydrogens (tertiary/aromatic N) is 1. The van der Waals surface area contributed by atoms with Crippen LogP contribution < -0.4 is 0 Å². The molecule has 28 heavy (non-hydrogen) atoms. The Morgan fingerprint density at radius 3 is 2.68 bits per heavy atom. The number of benzene rings is 1. The molecule has 3 fully saturated rings. The summed E-state index contributed by atoms with van der Waals surface area (Å²) in [7, 11) is 0. The average Bonchev–Trinajstić information content (AvgIpc) is 3.10. The van der Waals surface area contributed by atoms with E-state index in [-0.39, 0.29) is 0 Å². The fourth-order valence-electron chi connectivity index (χ4n) is 6.76. The van der Waals surface area contributed by atoms with Gasteiger partial charge in [0.2, 0.25) is 0 Å². The highest BCUT2D eigenvalue weighted by atomic mass is 16.5. The predicted octanol–water partition coefficient (Wildman–Crippen LogP) is 6.73. The van der Waals surface area contributed by atoms with Gasteiger partial charge in [0.25, 0.3) is 0 Å². The minimum absolute atomic E-state index is 0.534. The molecule has 1 saturated carbocycles. The molecule has 4 rings (SSSR count). The van der Waals surface area contributed by atoms with E-state index in [0.717, 1.165) is 25.2 Å². The summed E-state index contributed by atoms with van der Waals surface area (Å²) in [4.78, 5) is 3.05. The summed E-state index contributed by atoms with van der Waals surface area (Å²) >= 11 is 0. The summed E-state index contributed by atoms with van der Waals surface area (Å²) in [6, 6.07) is 12.2. The van der Waals surface area contributed by atoms with Crippen molar-refractivity contribution < 1.29 is 4.74 Å². The lowest BCUT2D eigenvalue weighted by molar-refractivity contribution is -0.0779. The molecule has 2 nitrogen and oxygen atoms in total. The molecule has 0 amide bonds. The summed E-state index contributed by atoms with van der Waals surface area (Å²) in [6.45, 7) is 4.01. The van der Waals surface area contributed by atoms with Crippen LogP contribution in [0.1, 0.15) is 96.0 Å². The quantitative estimate of drug-likeness (QED) is 0.438. The van der Waals surface area contributed by atoms with Crippen LogP contribution in [0.5, 0.6) is 0 Å². The molecule has 1 aromatic carbocycles. The van der Waals surface area contributed by atoms with Crippen LogP contribution in [0.15, 0.2) is 30.3 Å². The number of piperidine rings is 1. The van der Waals surface area contributed by atoms with Gasteiger partial charge in [-0.2, -0.15) is 0 Å². The molecule has 0 N–H and O–H groups in total. The Labute approximate surface area is 173 Å². The van der Waals surface area contributed by atoms with Crippen molar-refractivity contribution in [3.05, 3.63) is 35.9 Å². The van der Waals surface area contributed by atoms with Gasteiger partial charge in [-0.05, 0) is 56.4 Å². The van der Waals surface area contributed by atoms with E-state index in [0.29, 0.717) is 11.6 Å². The molecule has 4 atom stereocenters. The maximum atomic E-state index is 6.28. The van der Waals surface area contributed by atoms with Crippen molar-refractivity contribution in [2.45, 2.75) is 115 Å². The third-order valence-corrected chi connectivity index (χ3v) is 8.04. The molecule has 3 aliphatic rings. The number of rotatable bonds is 9. The van der Waals surface area contributed by atoms with Gasteiger partial charge >= 0.3 is 0 Å². The number of unbranched alkanes of at least 4 members (excludes halogenated alkanes) is 3. The Morgan fingerprint density at radius 1 is 0.929 bits per heavy atom. The molecular weight excluding hydrogens is 342 g/mol. The molecular formula is C26H41NO. The van der Waals surface area contributed by atoms with Gasteiger partial charge in [-0.1, -0.05) is 75.8 Å². The summed E-state index contributed by atoms with van der Waals surface area (Å²) in [5.41, 5.74) is 1.84. The molecule has 0 bridgehead atoms. The smallest absolute Gasteiger partial charge is 0.0717 e. The molecule has 2 heterocycles. The molecule has 2 heteroatoms. The SMILES string of the molecule is CCCCCC[C@H]1CC[C@@H]2CCCC[C@@]23CC[C@H](COCc2ccccc2)N13. The molecule has 2 saturated heterocycles. The van der Waals surface area contributed by atoms with Crippen molar-refractivity contribution in [3.8, 4) is 0 Å². The fourth-order valence-corrected chi connectivity index (χ4v) is 6.76. The summed E-state index contributed by atoms with van der Waals surface area (Å²) < 4.78 is 6.28. The molecule has 1 aliphatic carbocycles. The lowest BCUT2D eigenvalue weighted by atomic mass is 9.66. The molecule has 0 radical (unpaired) electrons. The van der Waals surface area contributed by atoms with Crippen LogP contribution in [0, 0.1) is 5.92 Å². The first-order chi connectivity index (χ1) is 13.8. The zero-order valence-corrected chi connectivity index (χ0v) is 18.1. The highest BCUT2D eigenvalue weighted by Gasteiger charge is 2.55. The highest BCUT2D eigenvalue weighted by molar-refractivity contribution is 5.14. The molecule has 1 spiro atoms.